The van der Waals surface area contributed by atoms with Gasteiger partial charge in [0.1, 0.15) is 11.6 Å². The van der Waals surface area contributed by atoms with Gasteiger partial charge in [-0.25, -0.2) is 4.39 Å². The van der Waals surface area contributed by atoms with Crippen LogP contribution in [0.2, 0.25) is 0 Å². The molecule has 5 nitrogen and oxygen atoms in total. The van der Waals surface area contributed by atoms with Crippen LogP contribution in [0.25, 0.3) is 11.4 Å². The number of rotatable bonds is 1. The summed E-state index contributed by atoms with van der Waals surface area (Å²) in [7, 11) is 2.14. The van der Waals surface area contributed by atoms with Crippen molar-refractivity contribution < 1.29 is 4.39 Å². The minimum Gasteiger partial charge on any atom is -0.317 e. The van der Waals surface area contributed by atoms with Crippen LogP contribution in [0.1, 0.15) is 18.7 Å². The maximum atomic E-state index is 13.2. The Bertz CT molecular complexity index is 672. The first-order chi connectivity index (χ1) is 10.7. The van der Waals surface area contributed by atoms with E-state index < -0.39 is 0 Å². The number of hydrogen-bond donors (Lipinski definition) is 1. The van der Waals surface area contributed by atoms with E-state index in [1.165, 1.54) is 12.1 Å². The van der Waals surface area contributed by atoms with Crippen LogP contribution in [0.4, 0.5) is 4.39 Å². The van der Waals surface area contributed by atoms with Crippen LogP contribution in [-0.2, 0) is 12.1 Å². The van der Waals surface area contributed by atoms with Gasteiger partial charge in [-0.1, -0.05) is 0 Å². The van der Waals surface area contributed by atoms with Crippen molar-refractivity contribution >= 4 is 0 Å². The normalized spacial score (nSPS) is 21.0. The molecule has 1 aromatic carbocycles. The lowest BCUT2D eigenvalue weighted by Gasteiger charge is -2.46. The summed E-state index contributed by atoms with van der Waals surface area (Å²) in [5.74, 6) is 1.65. The molecular formula is C16H20FN5. The van der Waals surface area contributed by atoms with Gasteiger partial charge in [-0.05, 0) is 57.2 Å². The summed E-state index contributed by atoms with van der Waals surface area (Å²) in [5.41, 5.74) is 0.975. The Morgan fingerprint density at radius 3 is 2.59 bits per heavy atom. The van der Waals surface area contributed by atoms with Crippen LogP contribution in [0.5, 0.6) is 0 Å². The average molecular weight is 301 g/mol. The molecule has 0 atom stereocenters. The molecule has 0 amide bonds. The third kappa shape index (κ3) is 2.14. The average Bonchev–Trinajstić information content (AvgIpc) is 2.93. The molecule has 22 heavy (non-hydrogen) atoms. The summed E-state index contributed by atoms with van der Waals surface area (Å²) in [4.78, 5) is 2.32. The Morgan fingerprint density at radius 1 is 1.14 bits per heavy atom. The van der Waals surface area contributed by atoms with E-state index in [4.69, 9.17) is 0 Å². The molecule has 6 heteroatoms. The number of benzene rings is 1. The first kappa shape index (κ1) is 13.8. The highest BCUT2D eigenvalue weighted by molar-refractivity contribution is 5.56. The van der Waals surface area contributed by atoms with E-state index in [9.17, 15) is 4.39 Å². The zero-order valence-electron chi connectivity index (χ0n) is 12.7. The SMILES string of the molecule is CN1Cc2nnc(-c3ccc(F)cc3)n2C2(CCNCC2)C1. The first-order valence-electron chi connectivity index (χ1n) is 7.78. The highest BCUT2D eigenvalue weighted by atomic mass is 19.1. The number of fused-ring (bicyclic) bond motifs is 2. The molecule has 2 aliphatic heterocycles. The zero-order valence-corrected chi connectivity index (χ0v) is 12.7. The molecule has 1 spiro atoms. The van der Waals surface area contributed by atoms with Gasteiger partial charge in [0.15, 0.2) is 5.82 Å². The zero-order chi connectivity index (χ0) is 15.2. The number of nitrogens with one attached hydrogen (secondary N) is 1. The molecule has 0 radical (unpaired) electrons. The molecule has 1 aromatic heterocycles. The molecule has 0 unspecified atom stereocenters. The second-order valence-electron chi connectivity index (χ2n) is 6.43. The summed E-state index contributed by atoms with van der Waals surface area (Å²) in [5, 5.41) is 12.3. The lowest BCUT2D eigenvalue weighted by Crippen LogP contribution is -2.54. The predicted octanol–water partition coefficient (Wildman–Crippen LogP) is 1.61. The van der Waals surface area contributed by atoms with Crippen molar-refractivity contribution in [2.75, 3.05) is 26.7 Å². The fourth-order valence-electron chi connectivity index (χ4n) is 3.85. The fourth-order valence-corrected chi connectivity index (χ4v) is 3.85. The van der Waals surface area contributed by atoms with Gasteiger partial charge in [-0.3, -0.25) is 4.90 Å². The lowest BCUT2D eigenvalue weighted by molar-refractivity contribution is 0.0952. The Hall–Kier alpha value is -1.79. The van der Waals surface area contributed by atoms with Gasteiger partial charge >= 0.3 is 0 Å². The second-order valence-corrected chi connectivity index (χ2v) is 6.43. The molecule has 0 aliphatic carbocycles. The van der Waals surface area contributed by atoms with Gasteiger partial charge in [0, 0.05) is 12.1 Å². The van der Waals surface area contributed by atoms with E-state index in [0.717, 1.165) is 56.2 Å². The molecule has 0 saturated carbocycles. The van der Waals surface area contributed by atoms with E-state index in [1.807, 2.05) is 0 Å². The van der Waals surface area contributed by atoms with Gasteiger partial charge in [0.25, 0.3) is 0 Å². The number of piperidine rings is 1. The van der Waals surface area contributed by atoms with E-state index in [1.54, 1.807) is 12.1 Å². The summed E-state index contributed by atoms with van der Waals surface area (Å²) < 4.78 is 15.5. The molecule has 116 valence electrons. The quantitative estimate of drug-likeness (QED) is 0.869. The molecular weight excluding hydrogens is 281 g/mol. The minimum absolute atomic E-state index is 0.0425. The van der Waals surface area contributed by atoms with Crippen molar-refractivity contribution in [2.24, 2.45) is 0 Å². The van der Waals surface area contributed by atoms with Crippen molar-refractivity contribution in [1.29, 1.82) is 0 Å². The largest absolute Gasteiger partial charge is 0.317 e. The Labute approximate surface area is 129 Å². The standard InChI is InChI=1S/C16H20FN5/c1-21-10-14-19-20-15(12-2-4-13(17)5-3-12)22(14)16(11-21)6-8-18-9-7-16/h2-5,18H,6-11H2,1H3. The summed E-state index contributed by atoms with van der Waals surface area (Å²) in [6.45, 7) is 3.83. The molecule has 2 aromatic rings. The van der Waals surface area contributed by atoms with Gasteiger partial charge in [-0.2, -0.15) is 0 Å². The van der Waals surface area contributed by atoms with Crippen LogP contribution in [-0.4, -0.2) is 46.3 Å². The Balaban J connectivity index is 1.85. The van der Waals surface area contributed by atoms with Crippen LogP contribution in [0.3, 0.4) is 0 Å². The van der Waals surface area contributed by atoms with Crippen molar-refractivity contribution in [1.82, 2.24) is 25.0 Å². The highest BCUT2D eigenvalue weighted by Gasteiger charge is 2.42. The van der Waals surface area contributed by atoms with E-state index in [-0.39, 0.29) is 11.4 Å². The lowest BCUT2D eigenvalue weighted by atomic mass is 9.85. The first-order valence-corrected chi connectivity index (χ1v) is 7.78. The molecule has 1 saturated heterocycles. The molecule has 1 fully saturated rings. The number of halogens is 1. The third-order valence-corrected chi connectivity index (χ3v) is 4.82. The number of hydrogen-bond acceptors (Lipinski definition) is 4. The summed E-state index contributed by atoms with van der Waals surface area (Å²) in [6, 6.07) is 6.56. The minimum atomic E-state index is -0.224. The maximum Gasteiger partial charge on any atom is 0.164 e. The smallest absolute Gasteiger partial charge is 0.164 e. The Morgan fingerprint density at radius 2 is 1.86 bits per heavy atom. The van der Waals surface area contributed by atoms with Crippen molar-refractivity contribution in [3.63, 3.8) is 0 Å². The number of likely N-dealkylation sites (N-methyl/N-ethyl adjacent to an activating group) is 1. The van der Waals surface area contributed by atoms with Crippen LogP contribution in [0, 0.1) is 5.82 Å². The third-order valence-electron chi connectivity index (χ3n) is 4.82. The summed E-state index contributed by atoms with van der Waals surface area (Å²) in [6.07, 6.45) is 2.13. The van der Waals surface area contributed by atoms with Crippen LogP contribution >= 0.6 is 0 Å². The molecule has 3 heterocycles. The van der Waals surface area contributed by atoms with Gasteiger partial charge in [0.05, 0.1) is 12.1 Å². The fraction of sp³-hybridized carbons (Fsp3) is 0.500. The van der Waals surface area contributed by atoms with Crippen LogP contribution in [0.15, 0.2) is 24.3 Å². The second kappa shape index (κ2) is 5.14. The number of nitrogens with zero attached hydrogens (tertiary/aromatic N) is 4. The van der Waals surface area contributed by atoms with E-state index >= 15 is 0 Å². The molecule has 1 N–H and O–H groups in total. The molecule has 4 rings (SSSR count). The van der Waals surface area contributed by atoms with E-state index in [2.05, 4.69) is 32.0 Å². The van der Waals surface area contributed by atoms with Crippen LogP contribution < -0.4 is 5.32 Å². The van der Waals surface area contributed by atoms with Crippen molar-refractivity contribution in [3.05, 3.63) is 35.9 Å². The van der Waals surface area contributed by atoms with Gasteiger partial charge in [-0.15, -0.1) is 10.2 Å². The maximum absolute atomic E-state index is 13.2. The summed E-state index contributed by atoms with van der Waals surface area (Å²) >= 11 is 0. The van der Waals surface area contributed by atoms with Gasteiger partial charge < -0.3 is 9.88 Å². The predicted molar refractivity (Wildman–Crippen MR) is 81.8 cm³/mol. The van der Waals surface area contributed by atoms with E-state index in [0.29, 0.717) is 0 Å². The molecule has 2 aliphatic rings. The monoisotopic (exact) mass is 301 g/mol. The highest BCUT2D eigenvalue weighted by Crippen LogP contribution is 2.37. The van der Waals surface area contributed by atoms with Gasteiger partial charge in [0.2, 0.25) is 0 Å². The topological polar surface area (TPSA) is 46.0 Å². The molecule has 0 bridgehead atoms. The van der Waals surface area contributed by atoms with Crippen molar-refractivity contribution in [3.8, 4) is 11.4 Å². The Kier molecular flexibility index (Phi) is 3.23. The number of aromatic nitrogens is 3. The van der Waals surface area contributed by atoms with Crippen molar-refractivity contribution in [2.45, 2.75) is 24.9 Å².